The van der Waals surface area contributed by atoms with Crippen molar-refractivity contribution in [1.82, 2.24) is 9.80 Å². The lowest BCUT2D eigenvalue weighted by Crippen LogP contribution is -2.51. The summed E-state index contributed by atoms with van der Waals surface area (Å²) >= 11 is 0. The first-order valence-electron chi connectivity index (χ1n) is 9.11. The maximum Gasteiger partial charge on any atom is 0.239 e. The molecular formula is C20H31N3O2. The van der Waals surface area contributed by atoms with E-state index in [0.29, 0.717) is 11.8 Å². The monoisotopic (exact) mass is 345 g/mol. The standard InChI is InChI=1S/C20H31N3O2/c1-14-6-8-18(9-7-14)21-19(24)13-22(5)17(4)20(25)23-11-15(2)10-16(3)12-23/h6-9,15-17H,10-13H2,1-5H3,(H,21,24)/t15-,16-,17-/m1/s1. The molecule has 1 aromatic rings. The second kappa shape index (κ2) is 8.48. The van der Waals surface area contributed by atoms with Crippen LogP contribution >= 0.6 is 0 Å². The quantitative estimate of drug-likeness (QED) is 0.893. The van der Waals surface area contributed by atoms with Crippen LogP contribution in [0.5, 0.6) is 0 Å². The molecule has 0 saturated carbocycles. The first-order valence-corrected chi connectivity index (χ1v) is 9.11. The molecule has 0 aliphatic carbocycles. The number of carbonyl (C=O) groups excluding carboxylic acids is 2. The summed E-state index contributed by atoms with van der Waals surface area (Å²) < 4.78 is 0. The van der Waals surface area contributed by atoms with Crippen LogP contribution in [0.25, 0.3) is 0 Å². The Morgan fingerprint density at radius 3 is 2.32 bits per heavy atom. The molecule has 5 heteroatoms. The highest BCUT2D eigenvalue weighted by Gasteiger charge is 2.30. The molecule has 25 heavy (non-hydrogen) atoms. The van der Waals surface area contributed by atoms with E-state index in [1.165, 1.54) is 6.42 Å². The van der Waals surface area contributed by atoms with E-state index in [9.17, 15) is 9.59 Å². The highest BCUT2D eigenvalue weighted by Crippen LogP contribution is 2.22. The van der Waals surface area contributed by atoms with Gasteiger partial charge in [0, 0.05) is 18.8 Å². The Morgan fingerprint density at radius 1 is 1.20 bits per heavy atom. The summed E-state index contributed by atoms with van der Waals surface area (Å²) in [5.74, 6) is 1.08. The third-order valence-electron chi connectivity index (χ3n) is 4.93. The van der Waals surface area contributed by atoms with Gasteiger partial charge in [0.1, 0.15) is 0 Å². The van der Waals surface area contributed by atoms with Crippen molar-refractivity contribution in [2.45, 2.75) is 40.2 Å². The fourth-order valence-electron chi connectivity index (χ4n) is 3.50. The van der Waals surface area contributed by atoms with E-state index >= 15 is 0 Å². The number of nitrogens with zero attached hydrogens (tertiary/aromatic N) is 2. The fourth-order valence-corrected chi connectivity index (χ4v) is 3.50. The fraction of sp³-hybridized carbons (Fsp3) is 0.600. The van der Waals surface area contributed by atoms with E-state index in [2.05, 4.69) is 19.2 Å². The summed E-state index contributed by atoms with van der Waals surface area (Å²) in [7, 11) is 1.83. The molecule has 2 amide bonds. The number of hydrogen-bond donors (Lipinski definition) is 1. The second-order valence-electron chi connectivity index (χ2n) is 7.69. The van der Waals surface area contributed by atoms with Crippen molar-refractivity contribution >= 4 is 17.5 Å². The molecule has 0 unspecified atom stereocenters. The average molecular weight is 345 g/mol. The van der Waals surface area contributed by atoms with Gasteiger partial charge in [0.05, 0.1) is 12.6 Å². The third kappa shape index (κ3) is 5.56. The number of benzene rings is 1. The predicted molar refractivity (Wildman–Crippen MR) is 101 cm³/mol. The van der Waals surface area contributed by atoms with Gasteiger partial charge in [-0.25, -0.2) is 0 Å². The first kappa shape index (κ1) is 19.4. The van der Waals surface area contributed by atoms with Gasteiger partial charge < -0.3 is 10.2 Å². The van der Waals surface area contributed by atoms with Crippen LogP contribution in [0.1, 0.15) is 32.8 Å². The minimum Gasteiger partial charge on any atom is -0.341 e. The van der Waals surface area contributed by atoms with E-state index < -0.39 is 0 Å². The second-order valence-corrected chi connectivity index (χ2v) is 7.69. The molecule has 1 saturated heterocycles. The van der Waals surface area contributed by atoms with Gasteiger partial charge in [-0.3, -0.25) is 14.5 Å². The zero-order valence-corrected chi connectivity index (χ0v) is 16.1. The van der Waals surface area contributed by atoms with Crippen molar-refractivity contribution in [3.8, 4) is 0 Å². The van der Waals surface area contributed by atoms with E-state index in [1.807, 2.05) is 55.0 Å². The highest BCUT2D eigenvalue weighted by molar-refractivity contribution is 5.92. The summed E-state index contributed by atoms with van der Waals surface area (Å²) in [5, 5.41) is 2.88. The summed E-state index contributed by atoms with van der Waals surface area (Å²) in [6.45, 7) is 10.1. The van der Waals surface area contributed by atoms with Crippen LogP contribution < -0.4 is 5.32 Å². The van der Waals surface area contributed by atoms with Crippen LogP contribution in [0.15, 0.2) is 24.3 Å². The van der Waals surface area contributed by atoms with Crippen LogP contribution in [0, 0.1) is 18.8 Å². The summed E-state index contributed by atoms with van der Waals surface area (Å²) in [6, 6.07) is 7.40. The number of hydrogen-bond acceptors (Lipinski definition) is 3. The first-order chi connectivity index (χ1) is 11.8. The third-order valence-corrected chi connectivity index (χ3v) is 4.93. The van der Waals surface area contributed by atoms with E-state index in [0.717, 1.165) is 24.3 Å². The SMILES string of the molecule is Cc1ccc(NC(=O)CN(C)[C@H](C)C(=O)N2C[C@H](C)C[C@@H](C)C2)cc1. The van der Waals surface area contributed by atoms with Crippen molar-refractivity contribution < 1.29 is 9.59 Å². The largest absolute Gasteiger partial charge is 0.341 e. The molecule has 1 N–H and O–H groups in total. The maximum absolute atomic E-state index is 12.8. The summed E-state index contributed by atoms with van der Waals surface area (Å²) in [6.07, 6.45) is 1.17. The number of piperidine rings is 1. The Kier molecular flexibility index (Phi) is 6.59. The topological polar surface area (TPSA) is 52.7 Å². The normalized spacial score (nSPS) is 21.9. The zero-order chi connectivity index (χ0) is 18.6. The Morgan fingerprint density at radius 2 is 1.76 bits per heavy atom. The van der Waals surface area contributed by atoms with Crippen LogP contribution in [-0.4, -0.2) is 54.3 Å². The smallest absolute Gasteiger partial charge is 0.239 e. The van der Waals surface area contributed by atoms with Crippen molar-refractivity contribution in [3.63, 3.8) is 0 Å². The molecule has 1 aliphatic rings. The number of aryl methyl sites for hydroxylation is 1. The molecule has 2 rings (SSSR count). The minimum absolute atomic E-state index is 0.105. The van der Waals surface area contributed by atoms with E-state index in [-0.39, 0.29) is 24.4 Å². The lowest BCUT2D eigenvalue weighted by atomic mass is 9.91. The molecule has 3 atom stereocenters. The highest BCUT2D eigenvalue weighted by atomic mass is 16.2. The summed E-state index contributed by atoms with van der Waals surface area (Å²) in [5.41, 5.74) is 1.93. The maximum atomic E-state index is 12.8. The number of likely N-dealkylation sites (N-methyl/N-ethyl adjacent to an activating group) is 1. The van der Waals surface area contributed by atoms with Gasteiger partial charge in [-0.2, -0.15) is 0 Å². The van der Waals surface area contributed by atoms with Gasteiger partial charge in [-0.15, -0.1) is 0 Å². The Bertz CT molecular complexity index is 589. The van der Waals surface area contributed by atoms with Crippen molar-refractivity contribution in [2.75, 3.05) is 32.0 Å². The lowest BCUT2D eigenvalue weighted by molar-refractivity contribution is -0.139. The molecule has 0 bridgehead atoms. The van der Waals surface area contributed by atoms with Crippen molar-refractivity contribution in [2.24, 2.45) is 11.8 Å². The number of carbonyl (C=O) groups is 2. The van der Waals surface area contributed by atoms with E-state index in [1.54, 1.807) is 0 Å². The number of likely N-dealkylation sites (tertiary alicyclic amines) is 1. The van der Waals surface area contributed by atoms with Gasteiger partial charge in [0.15, 0.2) is 0 Å². The van der Waals surface area contributed by atoms with Gasteiger partial charge in [-0.1, -0.05) is 31.5 Å². The van der Waals surface area contributed by atoms with Crippen molar-refractivity contribution in [3.05, 3.63) is 29.8 Å². The molecule has 1 heterocycles. The molecule has 1 aromatic carbocycles. The molecule has 1 fully saturated rings. The molecule has 0 aromatic heterocycles. The molecule has 138 valence electrons. The van der Waals surface area contributed by atoms with Gasteiger partial charge in [-0.05, 0) is 51.3 Å². The van der Waals surface area contributed by atoms with Crippen LogP contribution in [0.2, 0.25) is 0 Å². The Labute approximate surface area is 151 Å². The van der Waals surface area contributed by atoms with Gasteiger partial charge >= 0.3 is 0 Å². The minimum atomic E-state index is -0.304. The Balaban J connectivity index is 1.88. The molecular weight excluding hydrogens is 314 g/mol. The van der Waals surface area contributed by atoms with Crippen LogP contribution in [0.4, 0.5) is 5.69 Å². The predicted octanol–water partition coefficient (Wildman–Crippen LogP) is 2.76. The zero-order valence-electron chi connectivity index (χ0n) is 16.1. The van der Waals surface area contributed by atoms with Gasteiger partial charge in [0.2, 0.25) is 11.8 Å². The van der Waals surface area contributed by atoms with Crippen LogP contribution in [0.3, 0.4) is 0 Å². The number of anilines is 1. The number of amides is 2. The average Bonchev–Trinajstić information content (AvgIpc) is 2.54. The van der Waals surface area contributed by atoms with Crippen molar-refractivity contribution in [1.29, 1.82) is 0 Å². The van der Waals surface area contributed by atoms with Gasteiger partial charge in [0.25, 0.3) is 0 Å². The molecule has 5 nitrogen and oxygen atoms in total. The van der Waals surface area contributed by atoms with E-state index in [4.69, 9.17) is 0 Å². The molecule has 0 spiro atoms. The Hall–Kier alpha value is -1.88. The number of nitrogens with one attached hydrogen (secondary N) is 1. The summed E-state index contributed by atoms with van der Waals surface area (Å²) in [4.78, 5) is 28.8. The molecule has 0 radical (unpaired) electrons. The van der Waals surface area contributed by atoms with Crippen LogP contribution in [-0.2, 0) is 9.59 Å². The molecule has 1 aliphatic heterocycles. The number of rotatable bonds is 5. The lowest BCUT2D eigenvalue weighted by Gasteiger charge is -2.38.